The summed E-state index contributed by atoms with van der Waals surface area (Å²) in [6.07, 6.45) is -4.61. The third-order valence-electron chi connectivity index (χ3n) is 3.28. The third-order valence-corrected chi connectivity index (χ3v) is 3.28. The van der Waals surface area contributed by atoms with Crippen molar-refractivity contribution in [1.29, 1.82) is 0 Å². The molecule has 5 nitrogen and oxygen atoms in total. The Labute approximate surface area is 135 Å². The molecular formula is C16H13F3N2O3. The lowest BCUT2D eigenvalue weighted by Crippen LogP contribution is -2.32. The lowest BCUT2D eigenvalue weighted by Gasteiger charge is -2.23. The number of anilines is 2. The Bertz CT molecular complexity index is 803. The number of nitrogens with two attached hydrogens (primary N) is 1. The minimum Gasteiger partial charge on any atom is -0.478 e. The van der Waals surface area contributed by atoms with Gasteiger partial charge in [-0.05, 0) is 37.3 Å². The lowest BCUT2D eigenvalue weighted by molar-refractivity contribution is -0.137. The zero-order chi connectivity index (χ0) is 18.1. The number of benzene rings is 2. The fourth-order valence-electron chi connectivity index (χ4n) is 2.22. The van der Waals surface area contributed by atoms with Crippen LogP contribution < -0.4 is 10.6 Å². The Kier molecular flexibility index (Phi) is 4.50. The van der Waals surface area contributed by atoms with Crippen LogP contribution in [-0.2, 0) is 6.18 Å². The molecule has 0 saturated carbocycles. The van der Waals surface area contributed by atoms with Crippen LogP contribution in [0, 0.1) is 6.92 Å². The molecule has 2 aromatic rings. The second-order valence-electron chi connectivity index (χ2n) is 5.05. The summed E-state index contributed by atoms with van der Waals surface area (Å²) >= 11 is 0. The van der Waals surface area contributed by atoms with Crippen LogP contribution in [0.3, 0.4) is 0 Å². The van der Waals surface area contributed by atoms with Crippen molar-refractivity contribution in [2.24, 2.45) is 5.73 Å². The van der Waals surface area contributed by atoms with E-state index in [2.05, 4.69) is 0 Å². The van der Waals surface area contributed by atoms with Crippen LogP contribution in [0.2, 0.25) is 0 Å². The summed E-state index contributed by atoms with van der Waals surface area (Å²) in [5.74, 6) is -1.33. The summed E-state index contributed by atoms with van der Waals surface area (Å²) in [5, 5.41) is 9.29. The first kappa shape index (κ1) is 17.3. The molecule has 0 radical (unpaired) electrons. The number of hydrogen-bond donors (Lipinski definition) is 2. The predicted molar refractivity (Wildman–Crippen MR) is 81.3 cm³/mol. The van der Waals surface area contributed by atoms with Gasteiger partial charge in [0, 0.05) is 0 Å². The molecule has 0 aliphatic carbocycles. The number of urea groups is 1. The van der Waals surface area contributed by atoms with E-state index < -0.39 is 23.7 Å². The molecule has 3 N–H and O–H groups in total. The molecule has 2 aromatic carbocycles. The molecular weight excluding hydrogens is 325 g/mol. The van der Waals surface area contributed by atoms with E-state index in [0.29, 0.717) is 5.56 Å². The number of carboxylic acids is 1. The van der Waals surface area contributed by atoms with E-state index in [1.807, 2.05) is 0 Å². The van der Waals surface area contributed by atoms with Crippen LogP contribution in [0.15, 0.2) is 42.5 Å². The number of carbonyl (C=O) groups is 2. The molecule has 0 unspecified atom stereocenters. The molecule has 0 aliphatic rings. The second kappa shape index (κ2) is 6.23. The number of rotatable bonds is 3. The Morgan fingerprint density at radius 2 is 1.79 bits per heavy atom. The van der Waals surface area contributed by atoms with Crippen molar-refractivity contribution in [3.63, 3.8) is 0 Å². The number of nitrogens with zero attached hydrogens (tertiary/aromatic N) is 1. The Hall–Kier alpha value is -3.03. The van der Waals surface area contributed by atoms with Crippen molar-refractivity contribution in [2.45, 2.75) is 13.1 Å². The fraction of sp³-hybridized carbons (Fsp3) is 0.125. The van der Waals surface area contributed by atoms with Crippen molar-refractivity contribution in [2.75, 3.05) is 4.90 Å². The molecule has 0 bridgehead atoms. The molecule has 0 atom stereocenters. The van der Waals surface area contributed by atoms with Gasteiger partial charge in [-0.25, -0.2) is 9.59 Å². The van der Waals surface area contributed by atoms with Gasteiger partial charge in [0.1, 0.15) is 0 Å². The maximum absolute atomic E-state index is 12.9. The van der Waals surface area contributed by atoms with Crippen molar-refractivity contribution in [3.8, 4) is 0 Å². The van der Waals surface area contributed by atoms with Crippen molar-refractivity contribution < 1.29 is 27.9 Å². The zero-order valence-corrected chi connectivity index (χ0v) is 12.5. The van der Waals surface area contributed by atoms with Gasteiger partial charge in [-0.15, -0.1) is 0 Å². The van der Waals surface area contributed by atoms with Gasteiger partial charge in [0.15, 0.2) is 0 Å². The van der Waals surface area contributed by atoms with Crippen LogP contribution in [0.5, 0.6) is 0 Å². The van der Waals surface area contributed by atoms with E-state index in [4.69, 9.17) is 5.73 Å². The molecule has 0 aromatic heterocycles. The van der Waals surface area contributed by atoms with Crippen LogP contribution in [0.25, 0.3) is 0 Å². The van der Waals surface area contributed by atoms with Crippen LogP contribution >= 0.6 is 0 Å². The molecule has 0 saturated heterocycles. The van der Waals surface area contributed by atoms with E-state index in [1.165, 1.54) is 24.3 Å². The zero-order valence-electron chi connectivity index (χ0n) is 12.5. The summed E-state index contributed by atoms with van der Waals surface area (Å²) in [5.41, 5.74) is 4.39. The van der Waals surface area contributed by atoms with Gasteiger partial charge in [0.2, 0.25) is 0 Å². The van der Waals surface area contributed by atoms with Gasteiger partial charge in [-0.1, -0.05) is 17.7 Å². The van der Waals surface area contributed by atoms with Gasteiger partial charge in [-0.2, -0.15) is 13.2 Å². The maximum Gasteiger partial charge on any atom is 0.416 e. The smallest absolute Gasteiger partial charge is 0.416 e. The number of carbonyl (C=O) groups excluding carboxylic acids is 1. The number of aromatic carboxylic acids is 1. The summed E-state index contributed by atoms with van der Waals surface area (Å²) in [7, 11) is 0. The number of hydrogen-bond acceptors (Lipinski definition) is 2. The quantitative estimate of drug-likeness (QED) is 0.889. The van der Waals surface area contributed by atoms with Crippen molar-refractivity contribution in [1.82, 2.24) is 0 Å². The van der Waals surface area contributed by atoms with Crippen LogP contribution in [-0.4, -0.2) is 17.1 Å². The lowest BCUT2D eigenvalue weighted by atomic mass is 10.1. The number of primary amides is 1. The standard InChI is InChI=1S/C16H13F3N2O3/c1-9-5-6-13(12(7-9)14(22)23)21(15(20)24)11-4-2-3-10(8-11)16(17,18)19/h2-8H,1H3,(H2,20,24)(H,22,23). The topological polar surface area (TPSA) is 83.6 Å². The first-order valence-corrected chi connectivity index (χ1v) is 6.72. The molecule has 24 heavy (non-hydrogen) atoms. The molecule has 2 amide bonds. The summed E-state index contributed by atoms with van der Waals surface area (Å²) < 4.78 is 38.6. The maximum atomic E-state index is 12.9. The Morgan fingerprint density at radius 1 is 1.12 bits per heavy atom. The van der Waals surface area contributed by atoms with E-state index in [9.17, 15) is 27.9 Å². The normalized spacial score (nSPS) is 11.2. The first-order valence-electron chi connectivity index (χ1n) is 6.72. The number of carboxylic acid groups (broad SMARTS) is 1. The van der Waals surface area contributed by atoms with Crippen LogP contribution in [0.4, 0.5) is 29.3 Å². The van der Waals surface area contributed by atoms with Gasteiger partial charge in [0.25, 0.3) is 0 Å². The predicted octanol–water partition coefficient (Wildman–Crippen LogP) is 3.93. The van der Waals surface area contributed by atoms with Crippen molar-refractivity contribution >= 4 is 23.4 Å². The number of alkyl halides is 3. The summed E-state index contributed by atoms with van der Waals surface area (Å²) in [4.78, 5) is 23.9. The largest absolute Gasteiger partial charge is 0.478 e. The average Bonchev–Trinajstić information content (AvgIpc) is 2.48. The highest BCUT2D eigenvalue weighted by molar-refractivity contribution is 6.05. The third kappa shape index (κ3) is 3.48. The number of halogens is 3. The van der Waals surface area contributed by atoms with E-state index in [-0.39, 0.29) is 16.9 Å². The molecule has 8 heteroatoms. The van der Waals surface area contributed by atoms with Gasteiger partial charge >= 0.3 is 18.2 Å². The highest BCUT2D eigenvalue weighted by atomic mass is 19.4. The fourth-order valence-corrected chi connectivity index (χ4v) is 2.22. The summed E-state index contributed by atoms with van der Waals surface area (Å²) in [6, 6.07) is 7.00. The monoisotopic (exact) mass is 338 g/mol. The van der Waals surface area contributed by atoms with Crippen LogP contribution in [0.1, 0.15) is 21.5 Å². The van der Waals surface area contributed by atoms with Gasteiger partial charge in [-0.3, -0.25) is 4.90 Å². The molecule has 2 rings (SSSR count). The van der Waals surface area contributed by atoms with Crippen molar-refractivity contribution in [3.05, 3.63) is 59.2 Å². The van der Waals surface area contributed by atoms with E-state index in [0.717, 1.165) is 23.1 Å². The number of aryl methyl sites for hydroxylation is 1. The number of amides is 2. The SMILES string of the molecule is Cc1ccc(N(C(N)=O)c2cccc(C(F)(F)F)c2)c(C(=O)O)c1. The Morgan fingerprint density at radius 3 is 2.33 bits per heavy atom. The van der Waals surface area contributed by atoms with Gasteiger partial charge < -0.3 is 10.8 Å². The molecule has 126 valence electrons. The highest BCUT2D eigenvalue weighted by Gasteiger charge is 2.31. The first-order chi connectivity index (χ1) is 11.1. The average molecular weight is 338 g/mol. The summed E-state index contributed by atoms with van der Waals surface area (Å²) in [6.45, 7) is 1.65. The minimum absolute atomic E-state index is 0.111. The van der Waals surface area contributed by atoms with E-state index in [1.54, 1.807) is 6.92 Å². The molecule has 0 aliphatic heterocycles. The molecule has 0 fully saturated rings. The Balaban J connectivity index is 2.65. The minimum atomic E-state index is -4.61. The molecule has 0 heterocycles. The second-order valence-corrected chi connectivity index (χ2v) is 5.05. The highest BCUT2D eigenvalue weighted by Crippen LogP contribution is 2.35. The van der Waals surface area contributed by atoms with E-state index >= 15 is 0 Å². The van der Waals surface area contributed by atoms with Gasteiger partial charge in [0.05, 0.1) is 22.5 Å². The molecule has 0 spiro atoms.